The highest BCUT2D eigenvalue weighted by atomic mass is 16.5. The van der Waals surface area contributed by atoms with Gasteiger partial charge >= 0.3 is 0 Å². The molecule has 8 nitrogen and oxygen atoms in total. The molecule has 4 heterocycles. The fraction of sp³-hybridized carbons (Fsp3) is 0.364. The third-order valence-electron chi connectivity index (χ3n) is 9.46. The van der Waals surface area contributed by atoms with Gasteiger partial charge in [-0.1, -0.05) is 18.2 Å². The number of carbonyl (C=O) groups is 1. The second kappa shape index (κ2) is 9.45. The van der Waals surface area contributed by atoms with Crippen LogP contribution in [0, 0.1) is 11.8 Å². The fourth-order valence-electron chi connectivity index (χ4n) is 7.13. The van der Waals surface area contributed by atoms with E-state index in [9.17, 15) is 4.79 Å². The summed E-state index contributed by atoms with van der Waals surface area (Å²) in [6.07, 6.45) is 8.26. The number of imidazole rings is 1. The molecule has 0 radical (unpaired) electrons. The predicted octanol–water partition coefficient (Wildman–Crippen LogP) is 5.08. The van der Waals surface area contributed by atoms with Gasteiger partial charge in [-0.2, -0.15) is 0 Å². The Bertz CT molecular complexity index is 1790. The van der Waals surface area contributed by atoms with Crippen LogP contribution in [-0.2, 0) is 13.1 Å². The van der Waals surface area contributed by atoms with Gasteiger partial charge in [0.1, 0.15) is 11.3 Å². The van der Waals surface area contributed by atoms with Crippen molar-refractivity contribution >= 4 is 27.8 Å². The van der Waals surface area contributed by atoms with E-state index in [0.29, 0.717) is 29.7 Å². The first-order valence-electron chi connectivity index (χ1n) is 14.7. The summed E-state index contributed by atoms with van der Waals surface area (Å²) in [5, 5.41) is 1.20. The quantitative estimate of drug-likeness (QED) is 0.307. The number of methoxy groups -OCH3 is 1. The Hall–Kier alpha value is -4.17. The number of piperidine rings is 1. The Morgan fingerprint density at radius 2 is 1.85 bits per heavy atom. The molecule has 208 valence electrons. The molecule has 2 bridgehead atoms. The zero-order valence-electron chi connectivity index (χ0n) is 23.2. The summed E-state index contributed by atoms with van der Waals surface area (Å²) >= 11 is 0. The summed E-state index contributed by atoms with van der Waals surface area (Å²) in [5.41, 5.74) is 12.1. The molecular weight excluding hydrogens is 512 g/mol. The minimum Gasteiger partial charge on any atom is -0.494 e. The van der Waals surface area contributed by atoms with Gasteiger partial charge in [-0.3, -0.25) is 9.78 Å². The van der Waals surface area contributed by atoms with Crippen molar-refractivity contribution in [2.24, 2.45) is 17.6 Å². The van der Waals surface area contributed by atoms with Gasteiger partial charge in [0.05, 0.1) is 18.3 Å². The molecule has 2 saturated carbocycles. The van der Waals surface area contributed by atoms with Gasteiger partial charge in [-0.25, -0.2) is 4.98 Å². The number of hydrogen-bond acceptors (Lipinski definition) is 5. The van der Waals surface area contributed by atoms with Crippen LogP contribution in [0.2, 0.25) is 0 Å². The highest BCUT2D eigenvalue weighted by molar-refractivity contribution is 6.00. The van der Waals surface area contributed by atoms with Crippen molar-refractivity contribution in [3.8, 4) is 17.3 Å². The van der Waals surface area contributed by atoms with E-state index in [1.165, 1.54) is 23.7 Å². The summed E-state index contributed by atoms with van der Waals surface area (Å²) in [6, 6.07) is 18.9. The van der Waals surface area contributed by atoms with Crippen molar-refractivity contribution in [3.05, 3.63) is 78.1 Å². The average molecular weight is 547 g/mol. The monoisotopic (exact) mass is 546 g/mol. The first kappa shape index (κ1) is 24.6. The normalized spacial score (nSPS) is 21.8. The lowest BCUT2D eigenvalue weighted by atomic mass is 10.1. The molecule has 8 heteroatoms. The molecule has 8 rings (SSSR count). The third-order valence-corrected chi connectivity index (χ3v) is 9.46. The molecule has 5 aromatic rings. The van der Waals surface area contributed by atoms with Crippen molar-refractivity contribution in [2.75, 3.05) is 13.7 Å². The minimum absolute atomic E-state index is 0.0148. The maximum absolute atomic E-state index is 13.8. The molecule has 3 aliphatic rings. The molecule has 3 fully saturated rings. The van der Waals surface area contributed by atoms with Crippen LogP contribution in [0.1, 0.15) is 41.6 Å². The number of fused-ring (bicyclic) bond motifs is 4. The number of aromatic nitrogens is 4. The Morgan fingerprint density at radius 1 is 1.02 bits per heavy atom. The molecule has 41 heavy (non-hydrogen) atoms. The molecule has 0 spiro atoms. The summed E-state index contributed by atoms with van der Waals surface area (Å²) in [7, 11) is 1.67. The van der Waals surface area contributed by atoms with Gasteiger partial charge in [0.25, 0.3) is 5.91 Å². The van der Waals surface area contributed by atoms with Crippen LogP contribution in [0.3, 0.4) is 0 Å². The highest BCUT2D eigenvalue weighted by Gasteiger charge is 2.47. The van der Waals surface area contributed by atoms with Gasteiger partial charge in [-0.05, 0) is 79.5 Å². The molecule has 0 unspecified atom stereocenters. The van der Waals surface area contributed by atoms with E-state index in [1.54, 1.807) is 7.11 Å². The van der Waals surface area contributed by atoms with Crippen LogP contribution in [0.25, 0.3) is 33.5 Å². The fourth-order valence-corrected chi connectivity index (χ4v) is 7.13. The van der Waals surface area contributed by atoms with Gasteiger partial charge in [0, 0.05) is 60.6 Å². The smallest absolute Gasteiger partial charge is 0.254 e. The minimum atomic E-state index is 0.0148. The maximum atomic E-state index is 13.8. The number of ether oxygens (including phenoxy) is 1. The lowest BCUT2D eigenvalue weighted by Crippen LogP contribution is -2.41. The number of amides is 1. The Labute approximate surface area is 238 Å². The summed E-state index contributed by atoms with van der Waals surface area (Å²) in [6.45, 7) is 2.31. The zero-order chi connectivity index (χ0) is 27.7. The van der Waals surface area contributed by atoms with Crippen LogP contribution >= 0.6 is 0 Å². The standard InChI is InChI=1S/C33H34N6O2/c1-41-29-16-24(33(40)38-19-23-8-9-27(38)30(23)34)14-25-31(29)39(18-21-10-12-35-13-11-21)32(36-25)28-15-22-4-2-3-5-26(22)37(28)17-20-6-7-20/h2-5,10-16,20,23,27,30H,6-9,17-19,34H2,1H3/t23-,27-,30-/m1/s1. The molecule has 2 aliphatic carbocycles. The van der Waals surface area contributed by atoms with Gasteiger partial charge < -0.3 is 24.5 Å². The largest absolute Gasteiger partial charge is 0.494 e. The van der Waals surface area contributed by atoms with Crippen molar-refractivity contribution in [2.45, 2.75) is 50.9 Å². The molecule has 2 N–H and O–H groups in total. The van der Waals surface area contributed by atoms with E-state index < -0.39 is 0 Å². The lowest BCUT2D eigenvalue weighted by Gasteiger charge is -2.27. The molecule has 2 aromatic carbocycles. The number of pyridine rings is 1. The maximum Gasteiger partial charge on any atom is 0.254 e. The number of para-hydroxylation sites is 1. The van der Waals surface area contributed by atoms with Crippen molar-refractivity contribution in [3.63, 3.8) is 0 Å². The van der Waals surface area contributed by atoms with Crippen molar-refractivity contribution in [1.29, 1.82) is 0 Å². The predicted molar refractivity (Wildman–Crippen MR) is 159 cm³/mol. The first-order valence-corrected chi connectivity index (χ1v) is 14.7. The molecular formula is C33H34N6O2. The average Bonchev–Trinajstić information content (AvgIpc) is 3.37. The van der Waals surface area contributed by atoms with E-state index in [-0.39, 0.29) is 18.0 Å². The topological polar surface area (TPSA) is 91.2 Å². The summed E-state index contributed by atoms with van der Waals surface area (Å²) in [5.74, 6) is 2.63. The number of nitrogens with two attached hydrogens (primary N) is 1. The van der Waals surface area contributed by atoms with E-state index in [4.69, 9.17) is 15.5 Å². The van der Waals surface area contributed by atoms with Gasteiger partial charge in [0.15, 0.2) is 5.82 Å². The lowest BCUT2D eigenvalue weighted by molar-refractivity contribution is 0.0700. The van der Waals surface area contributed by atoms with E-state index >= 15 is 0 Å². The van der Waals surface area contributed by atoms with Gasteiger partial charge in [0.2, 0.25) is 0 Å². The van der Waals surface area contributed by atoms with Crippen LogP contribution in [0.4, 0.5) is 0 Å². The summed E-state index contributed by atoms with van der Waals surface area (Å²) < 4.78 is 10.6. The third kappa shape index (κ3) is 4.03. The number of hydrogen-bond donors (Lipinski definition) is 1. The SMILES string of the molecule is COc1cc(C(=O)N2C[C@H]3CC[C@@H]2[C@@H]3N)cc2nc(-c3cc4ccccc4n3CC3CC3)n(Cc3ccncc3)c12. The molecule has 1 aliphatic heterocycles. The van der Waals surface area contributed by atoms with Gasteiger partial charge in [-0.15, -0.1) is 0 Å². The Kier molecular flexibility index (Phi) is 5.67. The molecule has 3 atom stereocenters. The van der Waals surface area contributed by atoms with Crippen LogP contribution in [-0.4, -0.2) is 55.6 Å². The number of rotatable bonds is 7. The number of nitrogens with zero attached hydrogens (tertiary/aromatic N) is 5. The van der Waals surface area contributed by atoms with Crippen molar-refractivity contribution in [1.82, 2.24) is 24.0 Å². The molecule has 1 amide bonds. The Morgan fingerprint density at radius 3 is 2.59 bits per heavy atom. The molecule has 3 aromatic heterocycles. The Balaban J connectivity index is 1.31. The number of benzene rings is 2. The number of likely N-dealkylation sites (tertiary alicyclic amines) is 1. The second-order valence-corrected chi connectivity index (χ2v) is 12.0. The summed E-state index contributed by atoms with van der Waals surface area (Å²) in [4.78, 5) is 25.3. The van der Waals surface area contributed by atoms with Crippen LogP contribution in [0.5, 0.6) is 5.75 Å². The van der Waals surface area contributed by atoms with Crippen LogP contribution in [0.15, 0.2) is 67.0 Å². The van der Waals surface area contributed by atoms with E-state index in [2.05, 4.69) is 44.5 Å². The number of carbonyl (C=O) groups excluding carboxylic acids is 1. The van der Waals surface area contributed by atoms with E-state index in [0.717, 1.165) is 54.0 Å². The zero-order valence-corrected chi connectivity index (χ0v) is 23.2. The van der Waals surface area contributed by atoms with E-state index in [1.807, 2.05) is 41.6 Å². The highest BCUT2D eigenvalue weighted by Crippen LogP contribution is 2.40. The second-order valence-electron chi connectivity index (χ2n) is 12.0. The van der Waals surface area contributed by atoms with Crippen molar-refractivity contribution < 1.29 is 9.53 Å². The molecule has 1 saturated heterocycles. The first-order chi connectivity index (χ1) is 20.1. The van der Waals surface area contributed by atoms with Crippen LogP contribution < -0.4 is 10.5 Å².